The number of thioether (sulfide) groups is 1. The van der Waals surface area contributed by atoms with E-state index >= 15 is 0 Å². The summed E-state index contributed by atoms with van der Waals surface area (Å²) in [5.74, 6) is 0.994. The summed E-state index contributed by atoms with van der Waals surface area (Å²) < 4.78 is 2.07. The summed E-state index contributed by atoms with van der Waals surface area (Å²) in [6.45, 7) is 7.58. The summed E-state index contributed by atoms with van der Waals surface area (Å²) in [7, 11) is 2.04. The van der Waals surface area contributed by atoms with E-state index in [0.717, 1.165) is 23.9 Å². The monoisotopic (exact) mass is 303 g/mol. The van der Waals surface area contributed by atoms with Crippen LogP contribution in [0.5, 0.6) is 0 Å². The van der Waals surface area contributed by atoms with Crippen molar-refractivity contribution in [3.63, 3.8) is 0 Å². The molecule has 0 spiro atoms. The average molecular weight is 303 g/mol. The van der Waals surface area contributed by atoms with Crippen molar-refractivity contribution in [2.75, 3.05) is 12.3 Å². The summed E-state index contributed by atoms with van der Waals surface area (Å²) in [6, 6.07) is 7.18. The van der Waals surface area contributed by atoms with Crippen LogP contribution in [-0.4, -0.2) is 21.8 Å². The second-order valence-corrected chi connectivity index (χ2v) is 6.55. The summed E-state index contributed by atoms with van der Waals surface area (Å²) in [5, 5.41) is 4.74. The van der Waals surface area contributed by atoms with Gasteiger partial charge in [0, 0.05) is 31.2 Å². The van der Waals surface area contributed by atoms with Gasteiger partial charge in [-0.05, 0) is 32.4 Å². The van der Waals surface area contributed by atoms with E-state index in [9.17, 15) is 0 Å². The van der Waals surface area contributed by atoms with Gasteiger partial charge in [-0.25, -0.2) is 4.98 Å². The first-order chi connectivity index (χ1) is 10.1. The molecule has 2 rings (SSSR count). The van der Waals surface area contributed by atoms with Crippen LogP contribution < -0.4 is 5.32 Å². The van der Waals surface area contributed by atoms with E-state index in [1.54, 1.807) is 0 Å². The Morgan fingerprint density at radius 1 is 1.24 bits per heavy atom. The number of imidazole rings is 1. The van der Waals surface area contributed by atoms with Crippen LogP contribution in [0.2, 0.25) is 0 Å². The Bertz CT molecular complexity index is 557. The van der Waals surface area contributed by atoms with Gasteiger partial charge in [0.15, 0.2) is 5.16 Å². The van der Waals surface area contributed by atoms with Crippen molar-refractivity contribution in [3.05, 3.63) is 47.3 Å². The first-order valence-electron chi connectivity index (χ1n) is 7.52. The minimum Gasteiger partial charge on any atom is -0.329 e. The highest BCUT2D eigenvalue weighted by Gasteiger charge is 2.13. The van der Waals surface area contributed by atoms with E-state index in [1.165, 1.54) is 16.7 Å². The molecular weight excluding hydrogens is 278 g/mol. The lowest BCUT2D eigenvalue weighted by Gasteiger charge is -2.19. The van der Waals surface area contributed by atoms with Crippen LogP contribution in [0.15, 0.2) is 35.7 Å². The Kier molecular flexibility index (Phi) is 5.88. The molecule has 4 heteroatoms. The number of hydrogen-bond acceptors (Lipinski definition) is 3. The fraction of sp³-hybridized carbons (Fsp3) is 0.471. The second-order valence-electron chi connectivity index (χ2n) is 5.56. The maximum absolute atomic E-state index is 4.39. The molecule has 0 aliphatic carbocycles. The highest BCUT2D eigenvalue weighted by Crippen LogP contribution is 2.25. The molecule has 1 aromatic heterocycles. The van der Waals surface area contributed by atoms with E-state index < -0.39 is 0 Å². The van der Waals surface area contributed by atoms with E-state index in [1.807, 2.05) is 31.2 Å². The molecule has 0 amide bonds. The van der Waals surface area contributed by atoms with Crippen LogP contribution in [0.25, 0.3) is 0 Å². The first kappa shape index (κ1) is 16.1. The van der Waals surface area contributed by atoms with Gasteiger partial charge < -0.3 is 9.88 Å². The lowest BCUT2D eigenvalue weighted by Crippen LogP contribution is -2.24. The predicted octanol–water partition coefficient (Wildman–Crippen LogP) is 3.87. The SMILES string of the molecule is CCCNC(CSc1nccn1C)c1cc(C)cc(C)c1. The van der Waals surface area contributed by atoms with Crippen LogP contribution in [0.3, 0.4) is 0 Å². The molecule has 3 nitrogen and oxygen atoms in total. The molecule has 0 bridgehead atoms. The Labute approximate surface area is 132 Å². The highest BCUT2D eigenvalue weighted by atomic mass is 32.2. The lowest BCUT2D eigenvalue weighted by atomic mass is 10.0. The predicted molar refractivity (Wildman–Crippen MR) is 90.9 cm³/mol. The van der Waals surface area contributed by atoms with Gasteiger partial charge in [0.2, 0.25) is 0 Å². The number of nitrogens with zero attached hydrogens (tertiary/aromatic N) is 2. The van der Waals surface area contributed by atoms with Gasteiger partial charge in [-0.3, -0.25) is 0 Å². The van der Waals surface area contributed by atoms with Crippen LogP contribution in [0.4, 0.5) is 0 Å². The Morgan fingerprint density at radius 2 is 1.95 bits per heavy atom. The standard InChI is InChI=1S/C17H25N3S/c1-5-6-18-16(12-21-17-19-7-8-20(17)4)15-10-13(2)9-14(3)11-15/h7-11,16,18H,5-6,12H2,1-4H3. The average Bonchev–Trinajstić information content (AvgIpc) is 2.83. The molecular formula is C17H25N3S. The zero-order valence-corrected chi connectivity index (χ0v) is 14.2. The number of benzene rings is 1. The third-order valence-electron chi connectivity index (χ3n) is 3.44. The van der Waals surface area contributed by atoms with Crippen LogP contribution in [-0.2, 0) is 7.05 Å². The zero-order valence-electron chi connectivity index (χ0n) is 13.4. The number of rotatable bonds is 7. The molecule has 1 unspecified atom stereocenters. The minimum atomic E-state index is 0.366. The zero-order chi connectivity index (χ0) is 15.2. The number of aromatic nitrogens is 2. The van der Waals surface area contributed by atoms with E-state index in [-0.39, 0.29) is 0 Å². The molecule has 0 saturated carbocycles. The molecule has 1 N–H and O–H groups in total. The van der Waals surface area contributed by atoms with Crippen molar-refractivity contribution in [3.8, 4) is 0 Å². The van der Waals surface area contributed by atoms with Crippen molar-refractivity contribution in [2.24, 2.45) is 7.05 Å². The van der Waals surface area contributed by atoms with E-state index in [0.29, 0.717) is 6.04 Å². The van der Waals surface area contributed by atoms with Crippen molar-refractivity contribution < 1.29 is 0 Å². The first-order valence-corrected chi connectivity index (χ1v) is 8.50. The Balaban J connectivity index is 2.11. The molecule has 21 heavy (non-hydrogen) atoms. The Morgan fingerprint density at radius 3 is 2.52 bits per heavy atom. The van der Waals surface area contributed by atoms with Crippen molar-refractivity contribution in [1.82, 2.24) is 14.9 Å². The topological polar surface area (TPSA) is 29.9 Å². The van der Waals surface area contributed by atoms with Crippen molar-refractivity contribution in [1.29, 1.82) is 0 Å². The normalized spacial score (nSPS) is 12.6. The van der Waals surface area contributed by atoms with Gasteiger partial charge >= 0.3 is 0 Å². The molecule has 2 aromatic rings. The van der Waals surface area contributed by atoms with E-state index in [2.05, 4.69) is 53.8 Å². The fourth-order valence-corrected chi connectivity index (χ4v) is 3.48. The van der Waals surface area contributed by atoms with Crippen LogP contribution in [0, 0.1) is 13.8 Å². The van der Waals surface area contributed by atoms with Gasteiger partial charge in [-0.15, -0.1) is 0 Å². The third-order valence-corrected chi connectivity index (χ3v) is 4.59. The van der Waals surface area contributed by atoms with Crippen LogP contribution in [0.1, 0.15) is 36.1 Å². The number of hydrogen-bond donors (Lipinski definition) is 1. The molecule has 0 saturated heterocycles. The molecule has 1 heterocycles. The highest BCUT2D eigenvalue weighted by molar-refractivity contribution is 7.99. The fourth-order valence-electron chi connectivity index (χ4n) is 2.45. The summed E-state index contributed by atoms with van der Waals surface area (Å²) >= 11 is 1.81. The molecule has 114 valence electrons. The summed E-state index contributed by atoms with van der Waals surface area (Å²) in [6.07, 6.45) is 5.00. The van der Waals surface area contributed by atoms with Crippen LogP contribution >= 0.6 is 11.8 Å². The molecule has 0 radical (unpaired) electrons. The largest absolute Gasteiger partial charge is 0.329 e. The lowest BCUT2D eigenvalue weighted by molar-refractivity contribution is 0.576. The molecule has 1 atom stereocenters. The summed E-state index contributed by atoms with van der Waals surface area (Å²) in [4.78, 5) is 4.39. The number of nitrogens with one attached hydrogen (secondary N) is 1. The quantitative estimate of drug-likeness (QED) is 0.788. The Hall–Kier alpha value is -1.26. The second kappa shape index (κ2) is 7.66. The maximum Gasteiger partial charge on any atom is 0.167 e. The summed E-state index contributed by atoms with van der Waals surface area (Å²) in [5.41, 5.74) is 4.04. The van der Waals surface area contributed by atoms with Crippen molar-refractivity contribution >= 4 is 11.8 Å². The maximum atomic E-state index is 4.39. The molecule has 0 aliphatic rings. The van der Waals surface area contributed by atoms with Gasteiger partial charge in [0.25, 0.3) is 0 Å². The van der Waals surface area contributed by atoms with Gasteiger partial charge in [0.1, 0.15) is 0 Å². The van der Waals surface area contributed by atoms with Crippen molar-refractivity contribution in [2.45, 2.75) is 38.4 Å². The van der Waals surface area contributed by atoms with Gasteiger partial charge in [-0.1, -0.05) is 48.0 Å². The molecule has 0 fully saturated rings. The van der Waals surface area contributed by atoms with Gasteiger partial charge in [-0.2, -0.15) is 0 Å². The molecule has 0 aliphatic heterocycles. The molecule has 1 aromatic carbocycles. The van der Waals surface area contributed by atoms with Gasteiger partial charge in [0.05, 0.1) is 0 Å². The van der Waals surface area contributed by atoms with E-state index in [4.69, 9.17) is 0 Å². The third kappa shape index (κ3) is 4.61. The minimum absolute atomic E-state index is 0.366. The number of aryl methyl sites for hydroxylation is 3. The smallest absolute Gasteiger partial charge is 0.167 e.